The van der Waals surface area contributed by atoms with E-state index in [0.717, 1.165) is 34.8 Å². The lowest BCUT2D eigenvalue weighted by Gasteiger charge is -2.20. The van der Waals surface area contributed by atoms with Gasteiger partial charge in [0.25, 0.3) is 0 Å². The molecule has 0 radical (unpaired) electrons. The van der Waals surface area contributed by atoms with E-state index in [9.17, 15) is 9.59 Å². The maximum Gasteiger partial charge on any atom is 0.241 e. The summed E-state index contributed by atoms with van der Waals surface area (Å²) >= 11 is 0. The zero-order valence-corrected chi connectivity index (χ0v) is 14.6. The molecule has 2 heterocycles. The van der Waals surface area contributed by atoms with Gasteiger partial charge in [-0.2, -0.15) is 0 Å². The van der Waals surface area contributed by atoms with Crippen LogP contribution in [0.1, 0.15) is 23.9 Å². The number of nitrogens with one attached hydrogen (secondary N) is 1. The number of hydrogen-bond donors (Lipinski definition) is 1. The van der Waals surface area contributed by atoms with Crippen molar-refractivity contribution in [3.05, 3.63) is 47.3 Å². The summed E-state index contributed by atoms with van der Waals surface area (Å²) in [7, 11) is 0. The SMILES string of the molecule is CC(=O)NCC(=O)N1CCc2nc(-c3ccccc3)nc(C)c2CC1. The van der Waals surface area contributed by atoms with Crippen LogP contribution in [0.3, 0.4) is 0 Å². The van der Waals surface area contributed by atoms with Gasteiger partial charge in [0.2, 0.25) is 11.8 Å². The fourth-order valence-corrected chi connectivity index (χ4v) is 3.06. The lowest BCUT2D eigenvalue weighted by atomic mass is 10.1. The van der Waals surface area contributed by atoms with Crippen molar-refractivity contribution in [2.75, 3.05) is 19.6 Å². The normalized spacial score (nSPS) is 13.8. The quantitative estimate of drug-likeness (QED) is 0.921. The van der Waals surface area contributed by atoms with Crippen LogP contribution < -0.4 is 5.32 Å². The van der Waals surface area contributed by atoms with Crippen molar-refractivity contribution in [1.82, 2.24) is 20.2 Å². The summed E-state index contributed by atoms with van der Waals surface area (Å²) in [6.45, 7) is 4.69. The Morgan fingerprint density at radius 2 is 1.84 bits per heavy atom. The molecule has 2 amide bonds. The van der Waals surface area contributed by atoms with Crippen LogP contribution in [0.15, 0.2) is 30.3 Å². The monoisotopic (exact) mass is 338 g/mol. The van der Waals surface area contributed by atoms with Gasteiger partial charge in [-0.05, 0) is 18.9 Å². The fourth-order valence-electron chi connectivity index (χ4n) is 3.06. The molecule has 25 heavy (non-hydrogen) atoms. The third-order valence-electron chi connectivity index (χ3n) is 4.42. The standard InChI is InChI=1S/C19H22N4O2/c1-13-16-8-10-23(18(25)12-20-14(2)24)11-9-17(16)22-19(21-13)15-6-4-3-5-7-15/h3-7H,8-12H2,1-2H3,(H,20,24). The van der Waals surface area contributed by atoms with Crippen LogP contribution in [-0.2, 0) is 22.4 Å². The number of carbonyl (C=O) groups is 2. The Hall–Kier alpha value is -2.76. The molecule has 0 spiro atoms. The van der Waals surface area contributed by atoms with E-state index in [0.29, 0.717) is 19.5 Å². The lowest BCUT2D eigenvalue weighted by molar-refractivity contribution is -0.132. The molecule has 0 bridgehead atoms. The maximum absolute atomic E-state index is 12.3. The average Bonchev–Trinajstić information content (AvgIpc) is 2.83. The third kappa shape index (κ3) is 4.02. The predicted octanol–water partition coefficient (Wildman–Crippen LogP) is 1.52. The zero-order chi connectivity index (χ0) is 17.8. The average molecular weight is 338 g/mol. The van der Waals surface area contributed by atoms with Gasteiger partial charge in [-0.1, -0.05) is 30.3 Å². The Morgan fingerprint density at radius 1 is 1.12 bits per heavy atom. The van der Waals surface area contributed by atoms with Gasteiger partial charge in [0.1, 0.15) is 0 Å². The summed E-state index contributed by atoms with van der Waals surface area (Å²) in [6.07, 6.45) is 1.44. The minimum absolute atomic E-state index is 0.0472. The van der Waals surface area contributed by atoms with Crippen LogP contribution in [0, 0.1) is 6.92 Å². The molecule has 1 N–H and O–H groups in total. The predicted molar refractivity (Wildman–Crippen MR) is 94.9 cm³/mol. The Morgan fingerprint density at radius 3 is 2.56 bits per heavy atom. The second-order valence-corrected chi connectivity index (χ2v) is 6.21. The summed E-state index contributed by atoms with van der Waals surface area (Å²) in [5.74, 6) is 0.479. The van der Waals surface area contributed by atoms with Crippen molar-refractivity contribution < 1.29 is 9.59 Å². The van der Waals surface area contributed by atoms with Gasteiger partial charge in [-0.3, -0.25) is 9.59 Å². The first-order valence-corrected chi connectivity index (χ1v) is 8.48. The van der Waals surface area contributed by atoms with E-state index in [1.54, 1.807) is 4.90 Å². The number of amides is 2. The number of fused-ring (bicyclic) bond motifs is 1. The van der Waals surface area contributed by atoms with Crippen molar-refractivity contribution in [3.63, 3.8) is 0 Å². The molecule has 1 aromatic heterocycles. The van der Waals surface area contributed by atoms with Gasteiger partial charge < -0.3 is 10.2 Å². The summed E-state index contributed by atoms with van der Waals surface area (Å²) < 4.78 is 0. The van der Waals surface area contributed by atoms with Crippen LogP contribution in [0.5, 0.6) is 0 Å². The number of benzene rings is 1. The summed E-state index contributed by atoms with van der Waals surface area (Å²) in [5.41, 5.74) is 4.12. The van der Waals surface area contributed by atoms with Gasteiger partial charge in [-0.25, -0.2) is 9.97 Å². The van der Waals surface area contributed by atoms with Crippen molar-refractivity contribution in [2.45, 2.75) is 26.7 Å². The Bertz CT molecular complexity index is 790. The molecule has 0 saturated heterocycles. The molecule has 2 aromatic rings. The smallest absolute Gasteiger partial charge is 0.241 e. The first-order valence-electron chi connectivity index (χ1n) is 8.48. The first kappa shape index (κ1) is 17.1. The van der Waals surface area contributed by atoms with E-state index < -0.39 is 0 Å². The van der Waals surface area contributed by atoms with E-state index in [1.807, 2.05) is 37.3 Å². The molecular weight excluding hydrogens is 316 g/mol. The van der Waals surface area contributed by atoms with E-state index in [2.05, 4.69) is 10.3 Å². The van der Waals surface area contributed by atoms with Crippen LogP contribution >= 0.6 is 0 Å². The van der Waals surface area contributed by atoms with E-state index >= 15 is 0 Å². The Kier molecular flexibility index (Phi) is 5.07. The Balaban J connectivity index is 1.79. The Labute approximate surface area is 147 Å². The van der Waals surface area contributed by atoms with Crippen LogP contribution in [0.4, 0.5) is 0 Å². The highest BCUT2D eigenvalue weighted by Gasteiger charge is 2.21. The molecule has 0 aliphatic carbocycles. The van der Waals surface area contributed by atoms with Crippen molar-refractivity contribution in [2.24, 2.45) is 0 Å². The van der Waals surface area contributed by atoms with Crippen molar-refractivity contribution >= 4 is 11.8 Å². The zero-order valence-electron chi connectivity index (χ0n) is 14.6. The molecule has 1 aliphatic heterocycles. The van der Waals surface area contributed by atoms with Crippen LogP contribution in [-0.4, -0.2) is 46.3 Å². The van der Waals surface area contributed by atoms with Gasteiger partial charge in [0.05, 0.1) is 6.54 Å². The van der Waals surface area contributed by atoms with Gasteiger partial charge in [0, 0.05) is 43.4 Å². The molecule has 3 rings (SSSR count). The minimum Gasteiger partial charge on any atom is -0.347 e. The topological polar surface area (TPSA) is 75.2 Å². The molecule has 0 atom stereocenters. The second kappa shape index (κ2) is 7.42. The summed E-state index contributed by atoms with van der Waals surface area (Å²) in [4.78, 5) is 34.4. The molecule has 0 saturated carbocycles. The molecule has 1 aliphatic rings. The van der Waals surface area contributed by atoms with E-state index in [4.69, 9.17) is 4.98 Å². The van der Waals surface area contributed by atoms with Crippen molar-refractivity contribution in [1.29, 1.82) is 0 Å². The second-order valence-electron chi connectivity index (χ2n) is 6.21. The molecule has 6 nitrogen and oxygen atoms in total. The molecule has 130 valence electrons. The van der Waals surface area contributed by atoms with Gasteiger partial charge in [0.15, 0.2) is 5.82 Å². The van der Waals surface area contributed by atoms with E-state index in [-0.39, 0.29) is 18.4 Å². The highest BCUT2D eigenvalue weighted by Crippen LogP contribution is 2.22. The number of aryl methyl sites for hydroxylation is 1. The summed E-state index contributed by atoms with van der Waals surface area (Å²) in [5, 5.41) is 2.57. The highest BCUT2D eigenvalue weighted by molar-refractivity contribution is 5.83. The largest absolute Gasteiger partial charge is 0.347 e. The van der Waals surface area contributed by atoms with Gasteiger partial charge >= 0.3 is 0 Å². The molecular formula is C19H22N4O2. The van der Waals surface area contributed by atoms with E-state index in [1.165, 1.54) is 6.92 Å². The number of nitrogens with zero attached hydrogens (tertiary/aromatic N) is 3. The van der Waals surface area contributed by atoms with Crippen LogP contribution in [0.2, 0.25) is 0 Å². The summed E-state index contributed by atoms with van der Waals surface area (Å²) in [6, 6.07) is 9.92. The van der Waals surface area contributed by atoms with Gasteiger partial charge in [-0.15, -0.1) is 0 Å². The minimum atomic E-state index is -0.194. The number of carbonyl (C=O) groups excluding carboxylic acids is 2. The number of rotatable bonds is 3. The first-order chi connectivity index (χ1) is 12.0. The molecule has 0 fully saturated rings. The van der Waals surface area contributed by atoms with Crippen LogP contribution in [0.25, 0.3) is 11.4 Å². The lowest BCUT2D eigenvalue weighted by Crippen LogP contribution is -2.40. The highest BCUT2D eigenvalue weighted by atomic mass is 16.2. The number of aromatic nitrogens is 2. The van der Waals surface area contributed by atoms with Crippen molar-refractivity contribution in [3.8, 4) is 11.4 Å². The third-order valence-corrected chi connectivity index (χ3v) is 4.42. The molecule has 6 heteroatoms. The number of hydrogen-bond acceptors (Lipinski definition) is 4. The molecule has 0 unspecified atom stereocenters. The molecule has 1 aromatic carbocycles. The maximum atomic E-state index is 12.3. The fraction of sp³-hybridized carbons (Fsp3) is 0.368.